The molecule has 0 aliphatic heterocycles. The number of hydrogen-bond donors (Lipinski definition) is 1. The molecular weight excluding hydrogens is 173 g/mol. The molecule has 0 radical (unpaired) electrons. The van der Waals surface area contributed by atoms with E-state index in [1.807, 2.05) is 0 Å². The van der Waals surface area contributed by atoms with Gasteiger partial charge >= 0.3 is 6.01 Å². The minimum absolute atomic E-state index is 0.163. The molecule has 13 heavy (non-hydrogen) atoms. The summed E-state index contributed by atoms with van der Waals surface area (Å²) in [5.74, 6) is -0.773. The van der Waals surface area contributed by atoms with Crippen LogP contribution < -0.4 is 10.5 Å². The summed E-state index contributed by atoms with van der Waals surface area (Å²) in [5.41, 5.74) is 5.25. The van der Waals surface area contributed by atoms with E-state index in [0.717, 1.165) is 19.0 Å². The van der Waals surface area contributed by atoms with Crippen LogP contribution in [0.1, 0.15) is 19.3 Å². The highest BCUT2D eigenvalue weighted by atomic mass is 19.1. The molecule has 1 aliphatic rings. The van der Waals surface area contributed by atoms with E-state index in [0.29, 0.717) is 0 Å². The predicted octanol–water partition coefficient (Wildman–Crippen LogP) is 1.13. The molecule has 0 atom stereocenters. The normalized spacial score (nSPS) is 16.7. The van der Waals surface area contributed by atoms with Crippen molar-refractivity contribution in [1.82, 2.24) is 9.97 Å². The van der Waals surface area contributed by atoms with Crippen LogP contribution in [0.2, 0.25) is 0 Å². The SMILES string of the molecule is Nc1nc(OC2CCC2)ncc1F. The summed E-state index contributed by atoms with van der Waals surface area (Å²) in [6, 6.07) is 0.170. The zero-order valence-electron chi connectivity index (χ0n) is 7.03. The Bertz CT molecular complexity index is 314. The zero-order valence-corrected chi connectivity index (χ0v) is 7.03. The number of nitrogen functional groups attached to an aromatic ring is 1. The van der Waals surface area contributed by atoms with Crippen LogP contribution in [0.5, 0.6) is 6.01 Å². The summed E-state index contributed by atoms with van der Waals surface area (Å²) in [4.78, 5) is 7.34. The van der Waals surface area contributed by atoms with E-state index in [-0.39, 0.29) is 17.9 Å². The first-order valence-electron chi connectivity index (χ1n) is 4.20. The van der Waals surface area contributed by atoms with Crippen LogP contribution in [-0.4, -0.2) is 16.1 Å². The van der Waals surface area contributed by atoms with E-state index in [1.165, 1.54) is 6.42 Å². The van der Waals surface area contributed by atoms with E-state index in [4.69, 9.17) is 10.5 Å². The third kappa shape index (κ3) is 1.68. The maximum Gasteiger partial charge on any atom is 0.318 e. The maximum atomic E-state index is 12.6. The topological polar surface area (TPSA) is 61.0 Å². The Morgan fingerprint density at radius 1 is 1.54 bits per heavy atom. The van der Waals surface area contributed by atoms with Crippen molar-refractivity contribution in [3.63, 3.8) is 0 Å². The first-order chi connectivity index (χ1) is 6.25. The van der Waals surface area contributed by atoms with E-state index in [1.54, 1.807) is 0 Å². The van der Waals surface area contributed by atoms with Gasteiger partial charge in [-0.15, -0.1) is 0 Å². The van der Waals surface area contributed by atoms with Crippen molar-refractivity contribution < 1.29 is 9.13 Å². The van der Waals surface area contributed by atoms with Crippen molar-refractivity contribution in [3.05, 3.63) is 12.0 Å². The van der Waals surface area contributed by atoms with E-state index in [2.05, 4.69) is 9.97 Å². The number of ether oxygens (including phenoxy) is 1. The van der Waals surface area contributed by atoms with E-state index < -0.39 is 5.82 Å². The van der Waals surface area contributed by atoms with Gasteiger partial charge < -0.3 is 10.5 Å². The fraction of sp³-hybridized carbons (Fsp3) is 0.500. The summed E-state index contributed by atoms with van der Waals surface area (Å²) in [6.07, 6.45) is 4.41. The van der Waals surface area contributed by atoms with Gasteiger partial charge in [0.15, 0.2) is 11.6 Å². The highest BCUT2D eigenvalue weighted by molar-refractivity contribution is 5.29. The number of anilines is 1. The van der Waals surface area contributed by atoms with Gasteiger partial charge in [-0.05, 0) is 19.3 Å². The van der Waals surface area contributed by atoms with Crippen LogP contribution in [0.4, 0.5) is 10.2 Å². The Morgan fingerprint density at radius 3 is 2.85 bits per heavy atom. The van der Waals surface area contributed by atoms with Gasteiger partial charge in [0.2, 0.25) is 0 Å². The zero-order chi connectivity index (χ0) is 9.26. The Kier molecular flexibility index (Phi) is 2.00. The van der Waals surface area contributed by atoms with E-state index in [9.17, 15) is 4.39 Å². The molecule has 0 spiro atoms. The van der Waals surface area contributed by atoms with Gasteiger partial charge in [-0.3, -0.25) is 0 Å². The molecule has 70 valence electrons. The molecule has 0 unspecified atom stereocenters. The van der Waals surface area contributed by atoms with Crippen LogP contribution in [0.3, 0.4) is 0 Å². The molecule has 2 rings (SSSR count). The molecule has 1 aromatic rings. The second kappa shape index (κ2) is 3.16. The van der Waals surface area contributed by atoms with Crippen LogP contribution >= 0.6 is 0 Å². The Labute approximate surface area is 74.9 Å². The maximum absolute atomic E-state index is 12.6. The standard InChI is InChI=1S/C8H10FN3O/c9-6-4-11-8(12-7(6)10)13-5-2-1-3-5/h4-5H,1-3H2,(H2,10,11,12). The lowest BCUT2D eigenvalue weighted by molar-refractivity contribution is 0.108. The molecule has 1 fully saturated rings. The van der Waals surface area contributed by atoms with Crippen molar-refractivity contribution in [2.24, 2.45) is 0 Å². The van der Waals surface area contributed by atoms with Gasteiger partial charge in [-0.25, -0.2) is 9.37 Å². The van der Waals surface area contributed by atoms with Crippen LogP contribution in [-0.2, 0) is 0 Å². The van der Waals surface area contributed by atoms with Crippen molar-refractivity contribution in [3.8, 4) is 6.01 Å². The molecule has 2 N–H and O–H groups in total. The monoisotopic (exact) mass is 183 g/mol. The smallest absolute Gasteiger partial charge is 0.318 e. The van der Waals surface area contributed by atoms with Gasteiger partial charge in [0.1, 0.15) is 6.10 Å². The summed E-state index contributed by atoms with van der Waals surface area (Å²) < 4.78 is 17.9. The average molecular weight is 183 g/mol. The third-order valence-corrected chi connectivity index (χ3v) is 2.07. The second-order valence-electron chi connectivity index (χ2n) is 3.06. The van der Waals surface area contributed by atoms with Gasteiger partial charge in [0.25, 0.3) is 0 Å². The lowest BCUT2D eigenvalue weighted by atomic mass is 9.96. The number of rotatable bonds is 2. The first kappa shape index (κ1) is 8.22. The lowest BCUT2D eigenvalue weighted by Gasteiger charge is -2.24. The molecule has 1 heterocycles. The predicted molar refractivity (Wildman–Crippen MR) is 44.7 cm³/mol. The number of nitrogens with zero attached hydrogens (tertiary/aromatic N) is 2. The van der Waals surface area contributed by atoms with Gasteiger partial charge in [-0.2, -0.15) is 4.98 Å². The summed E-state index contributed by atoms with van der Waals surface area (Å²) in [7, 11) is 0. The first-order valence-corrected chi connectivity index (χ1v) is 4.20. The van der Waals surface area contributed by atoms with Crippen molar-refractivity contribution >= 4 is 5.82 Å². The molecule has 1 aliphatic carbocycles. The lowest BCUT2D eigenvalue weighted by Crippen LogP contribution is -2.25. The molecule has 1 saturated carbocycles. The van der Waals surface area contributed by atoms with Crippen molar-refractivity contribution in [2.75, 3.05) is 5.73 Å². The summed E-state index contributed by atoms with van der Waals surface area (Å²) in [6.45, 7) is 0. The highest BCUT2D eigenvalue weighted by Crippen LogP contribution is 2.23. The van der Waals surface area contributed by atoms with E-state index >= 15 is 0 Å². The minimum Gasteiger partial charge on any atom is -0.460 e. The minimum atomic E-state index is -0.610. The fourth-order valence-electron chi connectivity index (χ4n) is 1.06. The number of halogens is 1. The van der Waals surface area contributed by atoms with Crippen LogP contribution in [0.25, 0.3) is 0 Å². The quantitative estimate of drug-likeness (QED) is 0.746. The molecule has 0 aromatic carbocycles. The largest absolute Gasteiger partial charge is 0.460 e. The molecular formula is C8H10FN3O. The molecule has 0 amide bonds. The van der Waals surface area contributed by atoms with Gasteiger partial charge in [0, 0.05) is 0 Å². The molecule has 5 heteroatoms. The van der Waals surface area contributed by atoms with Crippen LogP contribution in [0.15, 0.2) is 6.20 Å². The summed E-state index contributed by atoms with van der Waals surface area (Å²) in [5, 5.41) is 0. The third-order valence-electron chi connectivity index (χ3n) is 2.07. The molecule has 4 nitrogen and oxygen atoms in total. The van der Waals surface area contributed by atoms with Gasteiger partial charge in [-0.1, -0.05) is 0 Å². The fourth-order valence-corrected chi connectivity index (χ4v) is 1.06. The summed E-state index contributed by atoms with van der Waals surface area (Å²) >= 11 is 0. The van der Waals surface area contributed by atoms with Gasteiger partial charge in [0.05, 0.1) is 6.20 Å². The Balaban J connectivity index is 2.07. The second-order valence-corrected chi connectivity index (χ2v) is 3.06. The molecule has 0 bridgehead atoms. The van der Waals surface area contributed by atoms with Crippen molar-refractivity contribution in [2.45, 2.75) is 25.4 Å². The highest BCUT2D eigenvalue weighted by Gasteiger charge is 2.20. The number of aromatic nitrogens is 2. The number of hydrogen-bond acceptors (Lipinski definition) is 4. The van der Waals surface area contributed by atoms with Crippen molar-refractivity contribution in [1.29, 1.82) is 0 Å². The molecule has 1 aromatic heterocycles. The average Bonchev–Trinajstić information content (AvgIpc) is 2.04. The van der Waals surface area contributed by atoms with Crippen LogP contribution in [0, 0.1) is 5.82 Å². The Hall–Kier alpha value is -1.39. The molecule has 0 saturated heterocycles. The Morgan fingerprint density at radius 2 is 2.31 bits per heavy atom. The number of nitrogens with two attached hydrogens (primary N) is 1.